The lowest BCUT2D eigenvalue weighted by Crippen LogP contribution is -2.49. The molecule has 0 saturated carbocycles. The van der Waals surface area contributed by atoms with Crippen molar-refractivity contribution >= 4 is 0 Å². The van der Waals surface area contributed by atoms with Crippen LogP contribution in [0.25, 0.3) is 0 Å². The van der Waals surface area contributed by atoms with Crippen LogP contribution < -0.4 is 0 Å². The maximum Gasteiger partial charge on any atom is 0.108 e. The van der Waals surface area contributed by atoms with Gasteiger partial charge in [0, 0.05) is 6.42 Å². The van der Waals surface area contributed by atoms with Crippen molar-refractivity contribution in [2.24, 2.45) is 0 Å². The normalized spacial score (nSPS) is 25.7. The van der Waals surface area contributed by atoms with Gasteiger partial charge in [0.1, 0.15) is 12.2 Å². The monoisotopic (exact) mass is 354 g/mol. The number of ether oxygens (including phenoxy) is 3. The number of rotatable bonds is 8. The minimum absolute atomic E-state index is 0.225. The highest BCUT2D eigenvalue weighted by molar-refractivity contribution is 5.14. The molecule has 1 fully saturated rings. The minimum atomic E-state index is -0.612. The Labute approximate surface area is 155 Å². The van der Waals surface area contributed by atoms with Crippen LogP contribution in [-0.4, -0.2) is 36.1 Å². The van der Waals surface area contributed by atoms with Crippen LogP contribution in [0, 0.1) is 0 Å². The number of aliphatic hydroxyl groups excluding tert-OH is 1. The van der Waals surface area contributed by atoms with E-state index in [0.717, 1.165) is 11.1 Å². The molecule has 1 aliphatic heterocycles. The first-order valence-electron chi connectivity index (χ1n) is 8.99. The van der Waals surface area contributed by atoms with Crippen molar-refractivity contribution in [1.29, 1.82) is 0 Å². The van der Waals surface area contributed by atoms with Crippen LogP contribution in [0.5, 0.6) is 0 Å². The molecule has 1 heterocycles. The first kappa shape index (κ1) is 18.8. The minimum Gasteiger partial charge on any atom is -0.390 e. The summed E-state index contributed by atoms with van der Waals surface area (Å²) in [6.45, 7) is 5.16. The predicted molar refractivity (Wildman–Crippen MR) is 101 cm³/mol. The SMILES string of the molecule is C=C[C@@H]1O[C@H](COCc2ccccc2)[C@H](OCc2ccccc2)CC1O. The van der Waals surface area contributed by atoms with Gasteiger partial charge in [0.05, 0.1) is 32.0 Å². The van der Waals surface area contributed by atoms with Crippen molar-refractivity contribution in [3.8, 4) is 0 Å². The van der Waals surface area contributed by atoms with E-state index in [9.17, 15) is 5.11 Å². The second-order valence-electron chi connectivity index (χ2n) is 6.51. The molecule has 2 aromatic carbocycles. The largest absolute Gasteiger partial charge is 0.390 e. The predicted octanol–water partition coefficient (Wildman–Crippen LogP) is 3.49. The maximum absolute atomic E-state index is 10.2. The van der Waals surface area contributed by atoms with Crippen LogP contribution in [0.4, 0.5) is 0 Å². The maximum atomic E-state index is 10.2. The van der Waals surface area contributed by atoms with Crippen molar-refractivity contribution in [1.82, 2.24) is 0 Å². The average Bonchev–Trinajstić information content (AvgIpc) is 2.69. The summed E-state index contributed by atoms with van der Waals surface area (Å²) in [5.74, 6) is 0. The second kappa shape index (κ2) is 9.64. The van der Waals surface area contributed by atoms with Crippen LogP contribution in [0.15, 0.2) is 73.3 Å². The lowest BCUT2D eigenvalue weighted by atomic mass is 9.98. The summed E-state index contributed by atoms with van der Waals surface area (Å²) in [7, 11) is 0. The highest BCUT2D eigenvalue weighted by Gasteiger charge is 2.36. The summed E-state index contributed by atoms with van der Waals surface area (Å²) in [6, 6.07) is 20.0. The molecule has 0 aliphatic carbocycles. The summed E-state index contributed by atoms with van der Waals surface area (Å²) < 4.78 is 17.9. The molecule has 0 spiro atoms. The van der Waals surface area contributed by atoms with Crippen LogP contribution in [0.3, 0.4) is 0 Å². The van der Waals surface area contributed by atoms with Gasteiger partial charge in [0.15, 0.2) is 0 Å². The Morgan fingerprint density at radius 1 is 1.00 bits per heavy atom. The Morgan fingerprint density at radius 2 is 1.62 bits per heavy atom. The summed E-state index contributed by atoms with van der Waals surface area (Å²) in [6.07, 6.45) is 0.673. The summed E-state index contributed by atoms with van der Waals surface area (Å²) in [5, 5.41) is 10.2. The van der Waals surface area contributed by atoms with Gasteiger partial charge in [-0.2, -0.15) is 0 Å². The van der Waals surface area contributed by atoms with Crippen molar-refractivity contribution in [3.63, 3.8) is 0 Å². The smallest absolute Gasteiger partial charge is 0.108 e. The number of benzene rings is 2. The lowest BCUT2D eigenvalue weighted by molar-refractivity contribution is -0.189. The average molecular weight is 354 g/mol. The van der Waals surface area contributed by atoms with Gasteiger partial charge in [-0.15, -0.1) is 6.58 Å². The zero-order valence-corrected chi connectivity index (χ0v) is 14.9. The van der Waals surface area contributed by atoms with Crippen LogP contribution in [0.2, 0.25) is 0 Å². The fourth-order valence-corrected chi connectivity index (χ4v) is 3.08. The van der Waals surface area contributed by atoms with Crippen molar-refractivity contribution in [2.45, 2.75) is 44.1 Å². The van der Waals surface area contributed by atoms with Gasteiger partial charge in [-0.25, -0.2) is 0 Å². The fraction of sp³-hybridized carbons (Fsp3) is 0.364. The highest BCUT2D eigenvalue weighted by Crippen LogP contribution is 2.25. The van der Waals surface area contributed by atoms with Crippen molar-refractivity contribution < 1.29 is 19.3 Å². The van der Waals surface area contributed by atoms with E-state index < -0.39 is 12.2 Å². The standard InChI is InChI=1S/C22H26O4/c1-2-20-19(23)13-21(25-15-18-11-7-4-8-12-18)22(26-20)16-24-14-17-9-5-3-6-10-17/h2-12,19-23H,1,13-16H2/t19?,20-,21+,22+/m0/s1. The molecule has 1 unspecified atom stereocenters. The van der Waals surface area contributed by atoms with Gasteiger partial charge in [-0.3, -0.25) is 0 Å². The Kier molecular flexibility index (Phi) is 6.97. The molecule has 0 amide bonds. The van der Waals surface area contributed by atoms with E-state index in [4.69, 9.17) is 14.2 Å². The number of aliphatic hydroxyl groups is 1. The highest BCUT2D eigenvalue weighted by atomic mass is 16.6. The molecule has 4 nitrogen and oxygen atoms in total. The Morgan fingerprint density at radius 3 is 2.23 bits per heavy atom. The first-order chi connectivity index (χ1) is 12.8. The van der Waals surface area contributed by atoms with Gasteiger partial charge < -0.3 is 19.3 Å². The van der Waals surface area contributed by atoms with Gasteiger partial charge in [0.25, 0.3) is 0 Å². The molecule has 4 atom stereocenters. The summed E-state index contributed by atoms with van der Waals surface area (Å²) in [4.78, 5) is 0. The van der Waals surface area contributed by atoms with E-state index in [-0.39, 0.29) is 12.2 Å². The number of hydrogen-bond acceptors (Lipinski definition) is 4. The quantitative estimate of drug-likeness (QED) is 0.737. The first-order valence-corrected chi connectivity index (χ1v) is 8.99. The molecule has 3 rings (SSSR count). The molecule has 0 aromatic heterocycles. The topological polar surface area (TPSA) is 47.9 Å². The molecule has 2 aromatic rings. The van der Waals surface area contributed by atoms with Gasteiger partial charge in [-0.05, 0) is 11.1 Å². The van der Waals surface area contributed by atoms with Crippen LogP contribution >= 0.6 is 0 Å². The molecule has 138 valence electrons. The third-order valence-electron chi connectivity index (χ3n) is 4.53. The number of hydrogen-bond donors (Lipinski definition) is 1. The third-order valence-corrected chi connectivity index (χ3v) is 4.53. The van der Waals surface area contributed by atoms with Gasteiger partial charge in [0.2, 0.25) is 0 Å². The molecule has 1 N–H and O–H groups in total. The fourth-order valence-electron chi connectivity index (χ4n) is 3.08. The van der Waals surface area contributed by atoms with E-state index in [1.54, 1.807) is 6.08 Å². The van der Waals surface area contributed by atoms with E-state index in [0.29, 0.717) is 26.2 Å². The molecular formula is C22H26O4. The Balaban J connectivity index is 1.57. The Bertz CT molecular complexity index is 658. The molecule has 4 heteroatoms. The summed E-state index contributed by atoms with van der Waals surface area (Å²) in [5.41, 5.74) is 2.21. The second-order valence-corrected chi connectivity index (χ2v) is 6.51. The van der Waals surface area contributed by atoms with E-state index in [1.807, 2.05) is 60.7 Å². The molecule has 0 bridgehead atoms. The van der Waals surface area contributed by atoms with E-state index >= 15 is 0 Å². The van der Waals surface area contributed by atoms with E-state index in [1.165, 1.54) is 0 Å². The molecular weight excluding hydrogens is 328 g/mol. The van der Waals surface area contributed by atoms with Gasteiger partial charge in [-0.1, -0.05) is 66.7 Å². The van der Waals surface area contributed by atoms with Gasteiger partial charge >= 0.3 is 0 Å². The van der Waals surface area contributed by atoms with Crippen molar-refractivity contribution in [2.75, 3.05) is 6.61 Å². The summed E-state index contributed by atoms with van der Waals surface area (Å²) >= 11 is 0. The molecule has 1 saturated heterocycles. The lowest BCUT2D eigenvalue weighted by Gasteiger charge is -2.38. The van der Waals surface area contributed by atoms with Crippen LogP contribution in [0.1, 0.15) is 17.5 Å². The van der Waals surface area contributed by atoms with Crippen LogP contribution in [-0.2, 0) is 27.4 Å². The zero-order chi connectivity index (χ0) is 18.2. The molecule has 0 radical (unpaired) electrons. The van der Waals surface area contributed by atoms with E-state index in [2.05, 4.69) is 6.58 Å². The zero-order valence-electron chi connectivity index (χ0n) is 14.9. The molecule has 26 heavy (non-hydrogen) atoms. The third kappa shape index (κ3) is 5.26. The molecule has 1 aliphatic rings. The Hall–Kier alpha value is -1.98. The van der Waals surface area contributed by atoms with Crippen molar-refractivity contribution in [3.05, 3.63) is 84.4 Å².